The Kier molecular flexibility index (Phi) is 8.94. The average Bonchev–Trinajstić information content (AvgIpc) is 3.18. The third-order valence-electron chi connectivity index (χ3n) is 7.44. The third kappa shape index (κ3) is 5.71. The van der Waals surface area contributed by atoms with Crippen LogP contribution in [0.4, 0.5) is 5.82 Å². The lowest BCUT2D eigenvalue weighted by Crippen LogP contribution is -2.39. The molecule has 36 heavy (non-hydrogen) atoms. The SMILES string of the molecule is CCCCC(CC)C(=O)N1CCCN(c2nc(C(C)CCC)nc3c2cnn3-c2ccccc2)CC1. The lowest BCUT2D eigenvalue weighted by Gasteiger charge is -2.26. The van der Waals surface area contributed by atoms with Crippen LogP contribution in [0.3, 0.4) is 0 Å². The van der Waals surface area contributed by atoms with Gasteiger partial charge >= 0.3 is 0 Å². The monoisotopic (exact) mass is 490 g/mol. The normalized spacial score (nSPS) is 16.2. The molecule has 0 radical (unpaired) electrons. The van der Waals surface area contributed by atoms with E-state index >= 15 is 0 Å². The van der Waals surface area contributed by atoms with E-state index in [1.807, 2.05) is 29.1 Å². The van der Waals surface area contributed by atoms with Gasteiger partial charge in [-0.2, -0.15) is 5.10 Å². The quantitative estimate of drug-likeness (QED) is 0.350. The molecule has 0 spiro atoms. The number of rotatable bonds is 10. The fourth-order valence-corrected chi connectivity index (χ4v) is 5.25. The van der Waals surface area contributed by atoms with Crippen LogP contribution in [0, 0.1) is 5.92 Å². The van der Waals surface area contributed by atoms with Crippen molar-refractivity contribution in [3.63, 3.8) is 0 Å². The van der Waals surface area contributed by atoms with Crippen molar-refractivity contribution < 1.29 is 4.79 Å². The first kappa shape index (κ1) is 26.1. The van der Waals surface area contributed by atoms with Crippen molar-refractivity contribution in [3.8, 4) is 5.69 Å². The number of aromatic nitrogens is 4. The van der Waals surface area contributed by atoms with Crippen molar-refractivity contribution in [1.82, 2.24) is 24.6 Å². The van der Waals surface area contributed by atoms with E-state index < -0.39 is 0 Å². The molecule has 0 saturated carbocycles. The first-order valence-electron chi connectivity index (χ1n) is 13.9. The van der Waals surface area contributed by atoms with Gasteiger partial charge < -0.3 is 9.80 Å². The minimum Gasteiger partial charge on any atom is -0.354 e. The Morgan fingerprint density at radius 3 is 2.50 bits per heavy atom. The standard InChI is InChI=1S/C29H42N6O/c1-5-8-14-23(7-3)29(36)34-18-12-17-33(19-20-34)27-25-21-30-35(24-15-10-9-11-16-24)28(25)32-26(31-27)22(4)13-6-2/h9-11,15-16,21-23H,5-8,12-14,17-20H2,1-4H3. The highest BCUT2D eigenvalue weighted by Crippen LogP contribution is 2.30. The summed E-state index contributed by atoms with van der Waals surface area (Å²) in [6.45, 7) is 12.0. The number of carbonyl (C=O) groups is 1. The molecular formula is C29H42N6O. The molecule has 2 unspecified atom stereocenters. The molecule has 3 aromatic rings. The van der Waals surface area contributed by atoms with Gasteiger partial charge in [0.15, 0.2) is 5.65 Å². The number of benzene rings is 1. The number of para-hydroxylation sites is 1. The number of hydrogen-bond donors (Lipinski definition) is 0. The predicted molar refractivity (Wildman–Crippen MR) is 147 cm³/mol. The number of carbonyl (C=O) groups excluding carboxylic acids is 1. The van der Waals surface area contributed by atoms with Gasteiger partial charge in [0.05, 0.1) is 17.3 Å². The smallest absolute Gasteiger partial charge is 0.225 e. The highest BCUT2D eigenvalue weighted by Gasteiger charge is 2.27. The molecule has 1 fully saturated rings. The summed E-state index contributed by atoms with van der Waals surface area (Å²) in [4.78, 5) is 27.9. The van der Waals surface area contributed by atoms with Crippen molar-refractivity contribution in [2.24, 2.45) is 5.92 Å². The first-order valence-corrected chi connectivity index (χ1v) is 13.9. The van der Waals surface area contributed by atoms with Crippen molar-refractivity contribution in [3.05, 3.63) is 42.4 Å². The molecule has 0 bridgehead atoms. The molecule has 2 atom stereocenters. The minimum atomic E-state index is 0.146. The second-order valence-electron chi connectivity index (χ2n) is 10.1. The lowest BCUT2D eigenvalue weighted by atomic mass is 9.97. The molecule has 0 N–H and O–H groups in total. The number of anilines is 1. The molecule has 1 aliphatic heterocycles. The Hall–Kier alpha value is -2.96. The van der Waals surface area contributed by atoms with E-state index in [-0.39, 0.29) is 11.8 Å². The first-order chi connectivity index (χ1) is 17.6. The topological polar surface area (TPSA) is 67.2 Å². The van der Waals surface area contributed by atoms with Gasteiger partial charge in [0.2, 0.25) is 5.91 Å². The van der Waals surface area contributed by atoms with E-state index in [4.69, 9.17) is 15.1 Å². The Labute approximate surface area is 215 Å². The summed E-state index contributed by atoms with van der Waals surface area (Å²) in [5.41, 5.74) is 1.85. The van der Waals surface area contributed by atoms with Crippen LogP contribution in [0.15, 0.2) is 36.5 Å². The van der Waals surface area contributed by atoms with Gasteiger partial charge in [-0.25, -0.2) is 14.6 Å². The second kappa shape index (κ2) is 12.3. The summed E-state index contributed by atoms with van der Waals surface area (Å²) in [7, 11) is 0. The molecule has 1 saturated heterocycles. The van der Waals surface area contributed by atoms with Crippen LogP contribution in [0.5, 0.6) is 0 Å². The molecule has 4 rings (SSSR count). The highest BCUT2D eigenvalue weighted by molar-refractivity contribution is 5.88. The largest absolute Gasteiger partial charge is 0.354 e. The van der Waals surface area contributed by atoms with Crippen molar-refractivity contribution in [2.45, 2.75) is 78.6 Å². The molecular weight excluding hydrogens is 448 g/mol. The van der Waals surface area contributed by atoms with Gasteiger partial charge in [0.25, 0.3) is 0 Å². The van der Waals surface area contributed by atoms with Gasteiger partial charge in [-0.05, 0) is 37.8 Å². The summed E-state index contributed by atoms with van der Waals surface area (Å²) in [5, 5.41) is 5.69. The molecule has 2 aromatic heterocycles. The van der Waals surface area contributed by atoms with E-state index in [9.17, 15) is 4.79 Å². The van der Waals surface area contributed by atoms with Crippen LogP contribution >= 0.6 is 0 Å². The van der Waals surface area contributed by atoms with Gasteiger partial charge in [-0.1, -0.05) is 65.2 Å². The number of unbranched alkanes of at least 4 members (excludes halogenated alkanes) is 1. The summed E-state index contributed by atoms with van der Waals surface area (Å²) in [6.07, 6.45) is 9.14. The lowest BCUT2D eigenvalue weighted by molar-refractivity contribution is -0.135. The Morgan fingerprint density at radius 2 is 1.78 bits per heavy atom. The maximum Gasteiger partial charge on any atom is 0.225 e. The summed E-state index contributed by atoms with van der Waals surface area (Å²) >= 11 is 0. The highest BCUT2D eigenvalue weighted by atomic mass is 16.2. The molecule has 1 aromatic carbocycles. The van der Waals surface area contributed by atoms with E-state index in [0.717, 1.165) is 99.5 Å². The van der Waals surface area contributed by atoms with E-state index in [2.05, 4.69) is 49.6 Å². The Bertz CT molecular complexity index is 1130. The molecule has 0 aliphatic carbocycles. The third-order valence-corrected chi connectivity index (χ3v) is 7.44. The van der Waals surface area contributed by atoms with Gasteiger partial charge in [0.1, 0.15) is 11.6 Å². The maximum absolute atomic E-state index is 13.3. The zero-order chi connectivity index (χ0) is 25.5. The van der Waals surface area contributed by atoms with Crippen LogP contribution in [0.2, 0.25) is 0 Å². The zero-order valence-corrected chi connectivity index (χ0v) is 22.5. The summed E-state index contributed by atoms with van der Waals surface area (Å²) in [5.74, 6) is 2.57. The molecule has 3 heterocycles. The fraction of sp³-hybridized carbons (Fsp3) is 0.586. The Balaban J connectivity index is 1.64. The minimum absolute atomic E-state index is 0.146. The van der Waals surface area contributed by atoms with Crippen LogP contribution in [0.25, 0.3) is 16.7 Å². The molecule has 7 nitrogen and oxygen atoms in total. The van der Waals surface area contributed by atoms with Crippen LogP contribution in [-0.4, -0.2) is 56.7 Å². The molecule has 7 heteroatoms. The number of hydrogen-bond acceptors (Lipinski definition) is 5. The molecule has 194 valence electrons. The number of amides is 1. The average molecular weight is 491 g/mol. The second-order valence-corrected chi connectivity index (χ2v) is 10.1. The van der Waals surface area contributed by atoms with Crippen LogP contribution < -0.4 is 4.90 Å². The van der Waals surface area contributed by atoms with Gasteiger partial charge in [0, 0.05) is 38.0 Å². The fourth-order valence-electron chi connectivity index (χ4n) is 5.25. The van der Waals surface area contributed by atoms with Gasteiger partial charge in [-0.3, -0.25) is 4.79 Å². The van der Waals surface area contributed by atoms with E-state index in [1.54, 1.807) is 0 Å². The maximum atomic E-state index is 13.3. The molecule has 1 amide bonds. The summed E-state index contributed by atoms with van der Waals surface area (Å²) in [6, 6.07) is 10.2. The molecule has 1 aliphatic rings. The zero-order valence-electron chi connectivity index (χ0n) is 22.5. The van der Waals surface area contributed by atoms with Crippen LogP contribution in [0.1, 0.15) is 84.4 Å². The van der Waals surface area contributed by atoms with E-state index in [0.29, 0.717) is 5.91 Å². The van der Waals surface area contributed by atoms with Crippen LogP contribution in [-0.2, 0) is 4.79 Å². The van der Waals surface area contributed by atoms with Crippen molar-refractivity contribution in [1.29, 1.82) is 0 Å². The van der Waals surface area contributed by atoms with E-state index in [1.165, 1.54) is 0 Å². The summed E-state index contributed by atoms with van der Waals surface area (Å²) < 4.78 is 1.93. The number of fused-ring (bicyclic) bond motifs is 1. The van der Waals surface area contributed by atoms with Crippen molar-refractivity contribution in [2.75, 3.05) is 31.1 Å². The van der Waals surface area contributed by atoms with Crippen molar-refractivity contribution >= 4 is 22.8 Å². The Morgan fingerprint density at radius 1 is 0.972 bits per heavy atom. The predicted octanol–water partition coefficient (Wildman–Crippen LogP) is 5.97. The van der Waals surface area contributed by atoms with Gasteiger partial charge in [-0.15, -0.1) is 0 Å². The number of nitrogens with zero attached hydrogens (tertiary/aromatic N) is 6.